The number of furan rings is 1. The van der Waals surface area contributed by atoms with Gasteiger partial charge in [-0.05, 0) is 67.1 Å². The van der Waals surface area contributed by atoms with Gasteiger partial charge in [0.15, 0.2) is 5.76 Å². The molecule has 0 saturated carbocycles. The Bertz CT molecular complexity index is 1400. The number of aryl methyl sites for hydroxylation is 1. The standard InChI is InChI=1S/C26H21ClN2O7/c1-16-11-21(7-9-24(16)27)34-15-22-8-10-25(36-22)26(30)28-17-12-18(29(31)32)14-23(13-17)35-20-5-3-19(33-2)4-6-20/h3-14H,15H2,1-2H3,(H,28,30). The lowest BCUT2D eigenvalue weighted by Gasteiger charge is -2.09. The summed E-state index contributed by atoms with van der Waals surface area (Å²) in [4.78, 5) is 23.6. The smallest absolute Gasteiger partial charge is 0.291 e. The Balaban J connectivity index is 1.45. The van der Waals surface area contributed by atoms with Crippen LogP contribution in [-0.2, 0) is 6.61 Å². The minimum atomic E-state index is -0.584. The molecule has 0 aliphatic carbocycles. The van der Waals surface area contributed by atoms with Gasteiger partial charge in [0, 0.05) is 17.2 Å². The maximum Gasteiger partial charge on any atom is 0.291 e. The molecule has 4 rings (SSSR count). The van der Waals surface area contributed by atoms with Crippen molar-refractivity contribution in [3.63, 3.8) is 0 Å². The molecule has 4 aromatic rings. The number of carbonyl (C=O) groups is 1. The van der Waals surface area contributed by atoms with Gasteiger partial charge < -0.3 is 23.9 Å². The zero-order valence-electron chi connectivity index (χ0n) is 19.3. The third-order valence-electron chi connectivity index (χ3n) is 5.05. The van der Waals surface area contributed by atoms with E-state index < -0.39 is 10.8 Å². The van der Waals surface area contributed by atoms with Crippen molar-refractivity contribution in [3.05, 3.63) is 105 Å². The van der Waals surface area contributed by atoms with Gasteiger partial charge in [0.2, 0.25) is 0 Å². The SMILES string of the molecule is COc1ccc(Oc2cc(NC(=O)c3ccc(COc4ccc(Cl)c(C)c4)o3)cc([N+](=O)[O-])c2)cc1. The molecule has 0 atom stereocenters. The third-order valence-corrected chi connectivity index (χ3v) is 5.48. The lowest BCUT2D eigenvalue weighted by Crippen LogP contribution is -2.11. The highest BCUT2D eigenvalue weighted by Crippen LogP contribution is 2.31. The van der Waals surface area contributed by atoms with E-state index in [0.29, 0.717) is 28.0 Å². The van der Waals surface area contributed by atoms with Crippen molar-refractivity contribution in [1.29, 1.82) is 0 Å². The summed E-state index contributed by atoms with van der Waals surface area (Å²) in [5.74, 6) is 1.73. The highest BCUT2D eigenvalue weighted by Gasteiger charge is 2.16. The topological polar surface area (TPSA) is 113 Å². The van der Waals surface area contributed by atoms with Gasteiger partial charge in [-0.15, -0.1) is 0 Å². The van der Waals surface area contributed by atoms with E-state index in [0.717, 1.165) is 5.56 Å². The largest absolute Gasteiger partial charge is 0.497 e. The van der Waals surface area contributed by atoms with Crippen molar-refractivity contribution in [1.82, 2.24) is 0 Å². The summed E-state index contributed by atoms with van der Waals surface area (Å²) < 4.78 is 22.1. The van der Waals surface area contributed by atoms with Gasteiger partial charge in [0.1, 0.15) is 35.4 Å². The van der Waals surface area contributed by atoms with E-state index in [1.54, 1.807) is 55.6 Å². The highest BCUT2D eigenvalue weighted by molar-refractivity contribution is 6.31. The van der Waals surface area contributed by atoms with Crippen LogP contribution in [0.25, 0.3) is 0 Å². The fraction of sp³-hybridized carbons (Fsp3) is 0.115. The quantitative estimate of drug-likeness (QED) is 0.196. The zero-order chi connectivity index (χ0) is 25.7. The Labute approximate surface area is 211 Å². The summed E-state index contributed by atoms with van der Waals surface area (Å²) in [5, 5.41) is 14.7. The number of ether oxygens (including phenoxy) is 3. The molecule has 1 heterocycles. The van der Waals surface area contributed by atoms with Crippen LogP contribution in [0.2, 0.25) is 5.02 Å². The van der Waals surface area contributed by atoms with Crippen LogP contribution in [0.1, 0.15) is 21.9 Å². The lowest BCUT2D eigenvalue weighted by atomic mass is 10.2. The number of hydrogen-bond donors (Lipinski definition) is 1. The number of nitro benzene ring substituents is 1. The predicted molar refractivity (Wildman–Crippen MR) is 133 cm³/mol. The number of benzene rings is 3. The van der Waals surface area contributed by atoms with E-state index in [9.17, 15) is 14.9 Å². The number of anilines is 1. The van der Waals surface area contributed by atoms with Gasteiger partial charge in [0.05, 0.1) is 23.8 Å². The van der Waals surface area contributed by atoms with Crippen LogP contribution >= 0.6 is 11.6 Å². The number of amides is 1. The number of nitrogens with zero attached hydrogens (tertiary/aromatic N) is 1. The number of rotatable bonds is 9. The summed E-state index contributed by atoms with van der Waals surface area (Å²) in [6, 6.07) is 19.1. The Hall–Kier alpha value is -4.50. The van der Waals surface area contributed by atoms with E-state index in [-0.39, 0.29) is 29.5 Å². The maximum absolute atomic E-state index is 12.7. The van der Waals surface area contributed by atoms with Crippen molar-refractivity contribution >= 4 is 28.9 Å². The molecule has 9 nitrogen and oxygen atoms in total. The van der Waals surface area contributed by atoms with Gasteiger partial charge in [-0.25, -0.2) is 0 Å². The average molecular weight is 509 g/mol. The van der Waals surface area contributed by atoms with Gasteiger partial charge in [0.25, 0.3) is 11.6 Å². The summed E-state index contributed by atoms with van der Waals surface area (Å²) in [6.45, 7) is 1.97. The second-order valence-corrected chi connectivity index (χ2v) is 8.08. The van der Waals surface area contributed by atoms with Crippen molar-refractivity contribution < 1.29 is 28.3 Å². The first-order chi connectivity index (χ1) is 17.3. The molecule has 1 aromatic heterocycles. The fourth-order valence-corrected chi connectivity index (χ4v) is 3.35. The Morgan fingerprint density at radius 2 is 1.69 bits per heavy atom. The summed E-state index contributed by atoms with van der Waals surface area (Å²) in [5.41, 5.74) is 0.799. The Kier molecular flexibility index (Phi) is 7.41. The number of nitro groups is 1. The number of halogens is 1. The third kappa shape index (κ3) is 6.13. The van der Waals surface area contributed by atoms with E-state index in [1.807, 2.05) is 6.92 Å². The minimum absolute atomic E-state index is 0.0185. The number of methoxy groups -OCH3 is 1. The summed E-state index contributed by atoms with van der Waals surface area (Å²) >= 11 is 6.02. The first kappa shape index (κ1) is 24.6. The number of non-ortho nitro benzene ring substituents is 1. The fourth-order valence-electron chi connectivity index (χ4n) is 3.23. The van der Waals surface area contributed by atoms with Crippen LogP contribution < -0.4 is 19.5 Å². The molecule has 0 aliphatic rings. The molecule has 0 radical (unpaired) electrons. The predicted octanol–water partition coefficient (Wildman–Crippen LogP) is 6.78. The summed E-state index contributed by atoms with van der Waals surface area (Å²) in [7, 11) is 1.54. The molecular weight excluding hydrogens is 488 g/mol. The molecule has 0 fully saturated rings. The Morgan fingerprint density at radius 1 is 0.972 bits per heavy atom. The molecule has 0 aliphatic heterocycles. The number of carbonyl (C=O) groups excluding carboxylic acids is 1. The van der Waals surface area contributed by atoms with Crippen LogP contribution in [0.15, 0.2) is 77.2 Å². The van der Waals surface area contributed by atoms with E-state index in [2.05, 4.69) is 5.32 Å². The molecule has 36 heavy (non-hydrogen) atoms. The average Bonchev–Trinajstić information content (AvgIpc) is 3.34. The Morgan fingerprint density at radius 3 is 2.39 bits per heavy atom. The van der Waals surface area contributed by atoms with Gasteiger partial charge in [-0.1, -0.05) is 11.6 Å². The first-order valence-corrected chi connectivity index (χ1v) is 11.1. The van der Waals surface area contributed by atoms with Crippen molar-refractivity contribution in [2.24, 2.45) is 0 Å². The molecule has 10 heteroatoms. The van der Waals surface area contributed by atoms with Crippen LogP contribution in [-0.4, -0.2) is 17.9 Å². The minimum Gasteiger partial charge on any atom is -0.497 e. The van der Waals surface area contributed by atoms with Crippen LogP contribution in [0.3, 0.4) is 0 Å². The summed E-state index contributed by atoms with van der Waals surface area (Å²) in [6.07, 6.45) is 0. The maximum atomic E-state index is 12.7. The second-order valence-electron chi connectivity index (χ2n) is 7.67. The monoisotopic (exact) mass is 508 g/mol. The first-order valence-electron chi connectivity index (χ1n) is 10.7. The molecule has 1 N–H and O–H groups in total. The molecule has 0 spiro atoms. The molecule has 184 valence electrons. The van der Waals surface area contributed by atoms with Crippen molar-refractivity contribution in [3.8, 4) is 23.0 Å². The van der Waals surface area contributed by atoms with Gasteiger partial charge in [-0.2, -0.15) is 0 Å². The molecule has 0 saturated heterocycles. The normalized spacial score (nSPS) is 10.5. The highest BCUT2D eigenvalue weighted by atomic mass is 35.5. The number of nitrogens with one attached hydrogen (secondary N) is 1. The molecule has 3 aromatic carbocycles. The van der Waals surface area contributed by atoms with Crippen LogP contribution in [0.4, 0.5) is 11.4 Å². The van der Waals surface area contributed by atoms with Crippen molar-refractivity contribution in [2.45, 2.75) is 13.5 Å². The van der Waals surface area contributed by atoms with E-state index in [4.69, 9.17) is 30.2 Å². The van der Waals surface area contributed by atoms with Crippen LogP contribution in [0, 0.1) is 17.0 Å². The molecule has 1 amide bonds. The molecule has 0 unspecified atom stereocenters. The van der Waals surface area contributed by atoms with Gasteiger partial charge >= 0.3 is 0 Å². The zero-order valence-corrected chi connectivity index (χ0v) is 20.1. The second kappa shape index (κ2) is 10.8. The van der Waals surface area contributed by atoms with Crippen LogP contribution in [0.5, 0.6) is 23.0 Å². The lowest BCUT2D eigenvalue weighted by molar-refractivity contribution is -0.384. The van der Waals surface area contributed by atoms with Gasteiger partial charge in [-0.3, -0.25) is 14.9 Å². The molecule has 0 bridgehead atoms. The van der Waals surface area contributed by atoms with Crippen molar-refractivity contribution in [2.75, 3.05) is 12.4 Å². The molecular formula is C26H21ClN2O7. The number of hydrogen-bond acceptors (Lipinski definition) is 7. The van der Waals surface area contributed by atoms with E-state index >= 15 is 0 Å². The van der Waals surface area contributed by atoms with E-state index in [1.165, 1.54) is 24.3 Å².